The van der Waals surface area contributed by atoms with Crippen LogP contribution in [0.25, 0.3) is 0 Å². The molecule has 1 aliphatic rings. The van der Waals surface area contributed by atoms with Gasteiger partial charge in [-0.05, 0) is 24.9 Å². The first-order chi connectivity index (χ1) is 8.29. The van der Waals surface area contributed by atoms with E-state index in [0.717, 1.165) is 31.5 Å². The molecular formula is C14H18N2O. The van der Waals surface area contributed by atoms with Gasteiger partial charge in [-0.3, -0.25) is 4.90 Å². The molecule has 1 aliphatic heterocycles. The molecule has 0 amide bonds. The van der Waals surface area contributed by atoms with Crippen LogP contribution in [-0.2, 0) is 0 Å². The molecule has 1 aromatic carbocycles. The fourth-order valence-electron chi connectivity index (χ4n) is 2.36. The molecule has 0 radical (unpaired) electrons. The number of hydrogen-bond acceptors (Lipinski definition) is 3. The smallest absolute Gasteiger partial charge is 0.0839 e. The van der Waals surface area contributed by atoms with Gasteiger partial charge in [-0.2, -0.15) is 5.26 Å². The molecule has 0 aliphatic carbocycles. The van der Waals surface area contributed by atoms with E-state index >= 15 is 0 Å². The number of hydrogen-bond donors (Lipinski definition) is 1. The molecule has 2 atom stereocenters. The van der Waals surface area contributed by atoms with Crippen molar-refractivity contribution in [2.75, 3.05) is 19.6 Å². The average Bonchev–Trinajstić information content (AvgIpc) is 2.37. The Kier molecular flexibility index (Phi) is 4.13. The average molecular weight is 230 g/mol. The molecule has 3 nitrogen and oxygen atoms in total. The van der Waals surface area contributed by atoms with Crippen LogP contribution >= 0.6 is 0 Å². The highest BCUT2D eigenvalue weighted by molar-refractivity contribution is 5.25. The summed E-state index contributed by atoms with van der Waals surface area (Å²) in [6.07, 6.45) is 1.69. The summed E-state index contributed by atoms with van der Waals surface area (Å²) in [7, 11) is 0. The number of rotatable bonds is 3. The third kappa shape index (κ3) is 3.29. The first-order valence-corrected chi connectivity index (χ1v) is 6.14. The predicted molar refractivity (Wildman–Crippen MR) is 66.5 cm³/mol. The summed E-state index contributed by atoms with van der Waals surface area (Å²) in [6.45, 7) is 2.41. The van der Waals surface area contributed by atoms with Crippen LogP contribution in [0.15, 0.2) is 30.3 Å². The molecule has 1 heterocycles. The lowest BCUT2D eigenvalue weighted by Gasteiger charge is -2.31. The van der Waals surface area contributed by atoms with Crippen molar-refractivity contribution in [1.29, 1.82) is 5.26 Å². The molecule has 3 heteroatoms. The standard InChI is InChI=1S/C14H18N2O/c15-9-13(12-5-2-1-3-6-12)10-16-8-4-7-14(17)11-16/h1-3,5-6,13-14,17H,4,7-8,10-11H2. The third-order valence-corrected chi connectivity index (χ3v) is 3.28. The van der Waals surface area contributed by atoms with Gasteiger partial charge in [0.05, 0.1) is 18.1 Å². The Hall–Kier alpha value is -1.37. The predicted octanol–water partition coefficient (Wildman–Crippen LogP) is 1.75. The van der Waals surface area contributed by atoms with E-state index in [1.807, 2.05) is 30.3 Å². The molecule has 90 valence electrons. The number of β-amino-alcohol motifs (C(OH)–C–C–N with tert-alkyl or cyclic N) is 1. The van der Waals surface area contributed by atoms with Crippen LogP contribution in [0.4, 0.5) is 0 Å². The van der Waals surface area contributed by atoms with E-state index in [1.165, 1.54) is 0 Å². The number of likely N-dealkylation sites (tertiary alicyclic amines) is 1. The normalized spacial score (nSPS) is 22.9. The Balaban J connectivity index is 1.99. The molecule has 1 aromatic rings. The van der Waals surface area contributed by atoms with E-state index < -0.39 is 0 Å². The van der Waals surface area contributed by atoms with E-state index in [9.17, 15) is 10.4 Å². The van der Waals surface area contributed by atoms with E-state index in [0.29, 0.717) is 6.54 Å². The highest BCUT2D eigenvalue weighted by Gasteiger charge is 2.21. The van der Waals surface area contributed by atoms with Crippen LogP contribution in [-0.4, -0.2) is 35.7 Å². The second kappa shape index (κ2) is 5.81. The van der Waals surface area contributed by atoms with Gasteiger partial charge in [-0.25, -0.2) is 0 Å². The van der Waals surface area contributed by atoms with Gasteiger partial charge < -0.3 is 5.11 Å². The maximum absolute atomic E-state index is 9.61. The minimum Gasteiger partial charge on any atom is -0.392 e. The van der Waals surface area contributed by atoms with Gasteiger partial charge in [0.25, 0.3) is 0 Å². The van der Waals surface area contributed by atoms with Crippen LogP contribution in [0.3, 0.4) is 0 Å². The molecule has 2 unspecified atom stereocenters. The van der Waals surface area contributed by atoms with Crippen molar-refractivity contribution in [2.24, 2.45) is 0 Å². The fraction of sp³-hybridized carbons (Fsp3) is 0.500. The van der Waals surface area contributed by atoms with Crippen molar-refractivity contribution in [3.63, 3.8) is 0 Å². The molecular weight excluding hydrogens is 212 g/mol. The lowest BCUT2D eigenvalue weighted by Crippen LogP contribution is -2.40. The number of benzene rings is 1. The zero-order chi connectivity index (χ0) is 12.1. The minimum absolute atomic E-state index is 0.0958. The summed E-state index contributed by atoms with van der Waals surface area (Å²) in [4.78, 5) is 2.19. The summed E-state index contributed by atoms with van der Waals surface area (Å²) in [6, 6.07) is 12.2. The van der Waals surface area contributed by atoms with E-state index in [-0.39, 0.29) is 12.0 Å². The van der Waals surface area contributed by atoms with E-state index in [2.05, 4.69) is 11.0 Å². The van der Waals surface area contributed by atoms with Crippen molar-refractivity contribution in [2.45, 2.75) is 24.9 Å². The highest BCUT2D eigenvalue weighted by atomic mass is 16.3. The molecule has 2 rings (SSSR count). The molecule has 0 spiro atoms. The van der Waals surface area contributed by atoms with Gasteiger partial charge >= 0.3 is 0 Å². The topological polar surface area (TPSA) is 47.3 Å². The number of nitriles is 1. The van der Waals surface area contributed by atoms with E-state index in [1.54, 1.807) is 0 Å². The second-order valence-corrected chi connectivity index (χ2v) is 4.65. The summed E-state index contributed by atoms with van der Waals surface area (Å²) in [5.41, 5.74) is 1.06. The molecule has 1 fully saturated rings. The van der Waals surface area contributed by atoms with Gasteiger partial charge in [0, 0.05) is 13.1 Å². The van der Waals surface area contributed by atoms with Crippen molar-refractivity contribution >= 4 is 0 Å². The van der Waals surface area contributed by atoms with Crippen molar-refractivity contribution in [3.05, 3.63) is 35.9 Å². The Morgan fingerprint density at radius 2 is 2.18 bits per heavy atom. The Morgan fingerprint density at radius 3 is 2.82 bits per heavy atom. The maximum Gasteiger partial charge on any atom is 0.0839 e. The van der Waals surface area contributed by atoms with Gasteiger partial charge in [-0.1, -0.05) is 30.3 Å². The van der Waals surface area contributed by atoms with Crippen LogP contribution in [0.1, 0.15) is 24.3 Å². The van der Waals surface area contributed by atoms with Crippen LogP contribution < -0.4 is 0 Å². The first kappa shape index (κ1) is 12.1. The number of aliphatic hydroxyl groups excluding tert-OH is 1. The Labute approximate surface area is 102 Å². The van der Waals surface area contributed by atoms with Crippen LogP contribution in [0, 0.1) is 11.3 Å². The van der Waals surface area contributed by atoms with E-state index in [4.69, 9.17) is 0 Å². The monoisotopic (exact) mass is 230 g/mol. The third-order valence-electron chi connectivity index (χ3n) is 3.28. The van der Waals surface area contributed by atoms with Crippen LogP contribution in [0.5, 0.6) is 0 Å². The SMILES string of the molecule is N#CC(CN1CCCC(O)C1)c1ccccc1. The Morgan fingerprint density at radius 1 is 1.41 bits per heavy atom. The Bertz CT molecular complexity index is 385. The van der Waals surface area contributed by atoms with Gasteiger partial charge in [0.1, 0.15) is 0 Å². The minimum atomic E-state index is -0.223. The first-order valence-electron chi connectivity index (χ1n) is 6.14. The molecule has 1 saturated heterocycles. The molecule has 0 saturated carbocycles. The van der Waals surface area contributed by atoms with Gasteiger partial charge in [-0.15, -0.1) is 0 Å². The lowest BCUT2D eigenvalue weighted by molar-refractivity contribution is 0.0697. The molecule has 1 N–H and O–H groups in total. The quantitative estimate of drug-likeness (QED) is 0.860. The van der Waals surface area contributed by atoms with Crippen molar-refractivity contribution in [3.8, 4) is 6.07 Å². The number of piperidine rings is 1. The van der Waals surface area contributed by atoms with Crippen molar-refractivity contribution < 1.29 is 5.11 Å². The number of aliphatic hydroxyl groups is 1. The second-order valence-electron chi connectivity index (χ2n) is 4.65. The van der Waals surface area contributed by atoms with Crippen LogP contribution in [0.2, 0.25) is 0 Å². The summed E-state index contributed by atoms with van der Waals surface area (Å²) >= 11 is 0. The molecule has 0 bridgehead atoms. The molecule has 17 heavy (non-hydrogen) atoms. The largest absolute Gasteiger partial charge is 0.392 e. The number of nitrogens with zero attached hydrogens (tertiary/aromatic N) is 2. The summed E-state index contributed by atoms with van der Waals surface area (Å²) in [5.74, 6) is -0.0958. The fourth-order valence-corrected chi connectivity index (χ4v) is 2.36. The zero-order valence-electron chi connectivity index (χ0n) is 9.92. The summed E-state index contributed by atoms with van der Waals surface area (Å²) in [5, 5.41) is 18.8. The maximum atomic E-state index is 9.61. The van der Waals surface area contributed by atoms with Gasteiger partial charge in [0.15, 0.2) is 0 Å². The lowest BCUT2D eigenvalue weighted by atomic mass is 9.98. The summed E-state index contributed by atoms with van der Waals surface area (Å²) < 4.78 is 0. The van der Waals surface area contributed by atoms with Crippen molar-refractivity contribution in [1.82, 2.24) is 4.90 Å². The molecule has 0 aromatic heterocycles. The van der Waals surface area contributed by atoms with Gasteiger partial charge in [0.2, 0.25) is 0 Å². The zero-order valence-corrected chi connectivity index (χ0v) is 9.92. The highest BCUT2D eigenvalue weighted by Crippen LogP contribution is 2.18.